The number of halogens is 1. The average molecular weight is 683 g/mol. The molecular formula is C34H35ClN2O9S. The molecule has 1 saturated heterocycles. The van der Waals surface area contributed by atoms with Crippen molar-refractivity contribution in [2.45, 2.75) is 45.1 Å². The number of amides is 4. The lowest BCUT2D eigenvalue weighted by atomic mass is 10.0. The molecule has 3 aromatic carbocycles. The van der Waals surface area contributed by atoms with Gasteiger partial charge in [0.25, 0.3) is 11.8 Å². The standard InChI is InChI=1S/C34H35ClN2O9S/c1-5-9-24-17-23(20-30(44-8-4)31(24)46-47(41,42)26-13-11-25(35)12-14-26)18-27-32(38)36-34(40)37(33(27)39)21-22-10-15-28(45-16-6-2)29(19-22)43-7-3/h5,10-15,17-20H,1,6-9,16,21H2,2-4H3,(H,36,38,40)/b27-18+. The van der Waals surface area contributed by atoms with Crippen molar-refractivity contribution in [1.82, 2.24) is 10.2 Å². The molecule has 1 fully saturated rings. The summed E-state index contributed by atoms with van der Waals surface area (Å²) in [5.74, 6) is -0.719. The van der Waals surface area contributed by atoms with E-state index in [1.54, 1.807) is 31.2 Å². The lowest BCUT2D eigenvalue weighted by molar-refractivity contribution is -0.130. The van der Waals surface area contributed by atoms with Crippen molar-refractivity contribution in [2.75, 3.05) is 19.8 Å². The smallest absolute Gasteiger partial charge is 0.339 e. The van der Waals surface area contributed by atoms with Crippen molar-refractivity contribution in [2.24, 2.45) is 0 Å². The molecule has 0 unspecified atom stereocenters. The molecule has 4 amide bonds. The van der Waals surface area contributed by atoms with E-state index >= 15 is 0 Å². The fraction of sp³-hybridized carbons (Fsp3) is 0.265. The highest BCUT2D eigenvalue weighted by Gasteiger charge is 2.36. The first-order chi connectivity index (χ1) is 22.5. The first kappa shape index (κ1) is 35.1. The third kappa shape index (κ3) is 8.52. The average Bonchev–Trinajstić information content (AvgIpc) is 3.03. The number of barbiturate groups is 1. The topological polar surface area (TPSA) is 138 Å². The number of hydrogen-bond acceptors (Lipinski definition) is 9. The van der Waals surface area contributed by atoms with Gasteiger partial charge in [0, 0.05) is 10.6 Å². The molecule has 11 nitrogen and oxygen atoms in total. The van der Waals surface area contributed by atoms with Crippen molar-refractivity contribution >= 4 is 45.6 Å². The van der Waals surface area contributed by atoms with Gasteiger partial charge in [-0.1, -0.05) is 30.7 Å². The van der Waals surface area contributed by atoms with Gasteiger partial charge in [0.15, 0.2) is 23.0 Å². The summed E-state index contributed by atoms with van der Waals surface area (Å²) < 4.78 is 49.0. The van der Waals surface area contributed by atoms with Crippen LogP contribution in [0.4, 0.5) is 4.79 Å². The number of nitrogens with zero attached hydrogens (tertiary/aromatic N) is 1. The first-order valence-corrected chi connectivity index (χ1v) is 16.7. The Morgan fingerprint density at radius 3 is 2.26 bits per heavy atom. The van der Waals surface area contributed by atoms with Crippen LogP contribution in [0.1, 0.15) is 43.9 Å². The van der Waals surface area contributed by atoms with Gasteiger partial charge in [-0.3, -0.25) is 19.8 Å². The number of rotatable bonds is 15. The highest BCUT2D eigenvalue weighted by atomic mass is 35.5. The SMILES string of the molecule is C=CCc1cc(/C=C2\C(=O)NC(=O)N(Cc3ccc(OCCC)c(OCC)c3)C2=O)cc(OCC)c1OS(=O)(=O)c1ccc(Cl)cc1. The van der Waals surface area contributed by atoms with Crippen LogP contribution in [-0.2, 0) is 32.7 Å². The van der Waals surface area contributed by atoms with Crippen molar-refractivity contribution in [3.8, 4) is 23.0 Å². The number of benzene rings is 3. The van der Waals surface area contributed by atoms with Gasteiger partial charge in [-0.2, -0.15) is 8.42 Å². The van der Waals surface area contributed by atoms with Gasteiger partial charge in [0.1, 0.15) is 10.5 Å². The maximum absolute atomic E-state index is 13.6. The molecule has 0 aliphatic carbocycles. The molecule has 0 bridgehead atoms. The Kier molecular flexibility index (Phi) is 11.7. The lowest BCUT2D eigenvalue weighted by Crippen LogP contribution is -2.53. The monoisotopic (exact) mass is 682 g/mol. The summed E-state index contributed by atoms with van der Waals surface area (Å²) in [6.45, 7) is 10.1. The minimum absolute atomic E-state index is 0.0571. The molecule has 0 aromatic heterocycles. The third-order valence-electron chi connectivity index (χ3n) is 6.72. The molecular weight excluding hydrogens is 648 g/mol. The van der Waals surface area contributed by atoms with E-state index in [9.17, 15) is 22.8 Å². The molecule has 1 heterocycles. The number of ether oxygens (including phenoxy) is 3. The van der Waals surface area contributed by atoms with E-state index < -0.39 is 28.0 Å². The normalized spacial score (nSPS) is 14.2. The highest BCUT2D eigenvalue weighted by Crippen LogP contribution is 2.37. The summed E-state index contributed by atoms with van der Waals surface area (Å²) in [6, 6.07) is 12.7. The summed E-state index contributed by atoms with van der Waals surface area (Å²) in [5.41, 5.74) is 0.947. The number of hydrogen-bond donors (Lipinski definition) is 1. The fourth-order valence-electron chi connectivity index (χ4n) is 4.63. The molecule has 47 heavy (non-hydrogen) atoms. The molecule has 1 aliphatic rings. The number of carbonyl (C=O) groups excluding carboxylic acids is 3. The Morgan fingerprint density at radius 2 is 1.60 bits per heavy atom. The zero-order valence-electron chi connectivity index (χ0n) is 26.2. The summed E-state index contributed by atoms with van der Waals surface area (Å²) in [6.07, 6.45) is 3.81. The predicted octanol–water partition coefficient (Wildman–Crippen LogP) is 6.08. The van der Waals surface area contributed by atoms with E-state index in [-0.39, 0.29) is 41.5 Å². The second kappa shape index (κ2) is 15.7. The van der Waals surface area contributed by atoms with Crippen LogP contribution in [0.25, 0.3) is 6.08 Å². The quantitative estimate of drug-likeness (QED) is 0.0874. The highest BCUT2D eigenvalue weighted by molar-refractivity contribution is 7.87. The third-order valence-corrected chi connectivity index (χ3v) is 8.21. The van der Waals surface area contributed by atoms with E-state index in [0.717, 1.165) is 11.3 Å². The molecule has 248 valence electrons. The minimum atomic E-state index is -4.29. The van der Waals surface area contributed by atoms with E-state index in [1.807, 2.05) is 13.8 Å². The van der Waals surface area contributed by atoms with Gasteiger partial charge in [0.05, 0.1) is 26.4 Å². The van der Waals surface area contributed by atoms with Crippen molar-refractivity contribution in [3.05, 3.63) is 94.5 Å². The Labute approximate surface area is 278 Å². The van der Waals surface area contributed by atoms with Crippen LogP contribution in [-0.4, -0.2) is 51.0 Å². The minimum Gasteiger partial charge on any atom is -0.490 e. The zero-order valence-corrected chi connectivity index (χ0v) is 27.8. The maximum atomic E-state index is 13.6. The molecule has 0 saturated carbocycles. The van der Waals surface area contributed by atoms with Crippen molar-refractivity contribution in [3.63, 3.8) is 0 Å². The second-order valence-electron chi connectivity index (χ2n) is 10.2. The van der Waals surface area contributed by atoms with Crippen LogP contribution in [0, 0.1) is 0 Å². The fourth-order valence-corrected chi connectivity index (χ4v) is 5.73. The van der Waals surface area contributed by atoms with Crippen molar-refractivity contribution in [1.29, 1.82) is 0 Å². The molecule has 4 rings (SSSR count). The van der Waals surface area contributed by atoms with Crippen LogP contribution in [0.3, 0.4) is 0 Å². The molecule has 1 N–H and O–H groups in total. The number of nitrogens with one attached hydrogen (secondary N) is 1. The Hall–Kier alpha value is -4.81. The molecule has 1 aliphatic heterocycles. The second-order valence-corrected chi connectivity index (χ2v) is 12.2. The van der Waals surface area contributed by atoms with Gasteiger partial charge in [0.2, 0.25) is 0 Å². The molecule has 0 atom stereocenters. The van der Waals surface area contributed by atoms with Gasteiger partial charge in [-0.15, -0.1) is 6.58 Å². The Balaban J connectivity index is 1.69. The summed E-state index contributed by atoms with van der Waals surface area (Å²) in [4.78, 5) is 40.1. The summed E-state index contributed by atoms with van der Waals surface area (Å²) in [5, 5.41) is 2.57. The lowest BCUT2D eigenvalue weighted by Gasteiger charge is -2.27. The maximum Gasteiger partial charge on any atom is 0.339 e. The Morgan fingerprint density at radius 1 is 0.894 bits per heavy atom. The van der Waals surface area contributed by atoms with Gasteiger partial charge >= 0.3 is 16.1 Å². The van der Waals surface area contributed by atoms with Crippen LogP contribution in [0.15, 0.2) is 77.7 Å². The van der Waals surface area contributed by atoms with Crippen LogP contribution in [0.2, 0.25) is 5.02 Å². The zero-order chi connectivity index (χ0) is 34.1. The number of allylic oxidation sites excluding steroid dienone is 1. The molecule has 0 radical (unpaired) electrons. The Bertz CT molecular complexity index is 1800. The van der Waals surface area contributed by atoms with E-state index in [2.05, 4.69) is 11.9 Å². The van der Waals surface area contributed by atoms with E-state index in [1.165, 1.54) is 42.5 Å². The van der Waals surface area contributed by atoms with E-state index in [4.69, 9.17) is 30.0 Å². The molecule has 3 aromatic rings. The molecule has 13 heteroatoms. The van der Waals surface area contributed by atoms with Gasteiger partial charge in [-0.05, 0) is 92.4 Å². The van der Waals surface area contributed by atoms with Crippen LogP contribution < -0.4 is 23.7 Å². The van der Waals surface area contributed by atoms with E-state index in [0.29, 0.717) is 46.4 Å². The van der Waals surface area contributed by atoms with Crippen molar-refractivity contribution < 1.29 is 41.2 Å². The predicted molar refractivity (Wildman–Crippen MR) is 176 cm³/mol. The van der Waals surface area contributed by atoms with Gasteiger partial charge in [-0.25, -0.2) is 4.79 Å². The number of imide groups is 2. The van der Waals surface area contributed by atoms with Gasteiger partial charge < -0.3 is 18.4 Å². The van der Waals surface area contributed by atoms with Crippen LogP contribution in [0.5, 0.6) is 23.0 Å². The summed E-state index contributed by atoms with van der Waals surface area (Å²) in [7, 11) is -4.29. The van der Waals surface area contributed by atoms with Crippen LogP contribution >= 0.6 is 11.6 Å². The first-order valence-electron chi connectivity index (χ1n) is 14.9. The number of urea groups is 1. The summed E-state index contributed by atoms with van der Waals surface area (Å²) >= 11 is 5.91. The largest absolute Gasteiger partial charge is 0.490 e. The number of carbonyl (C=O) groups is 3. The molecule has 0 spiro atoms.